The highest BCUT2D eigenvalue weighted by molar-refractivity contribution is 5.96. The Balaban J connectivity index is 2.19. The fourth-order valence-electron chi connectivity index (χ4n) is 2.67. The number of rotatable bonds is 2. The largest absolute Gasteiger partial charge is 0.349 e. The predicted molar refractivity (Wildman–Crippen MR) is 74.9 cm³/mol. The molecular weight excluding hydrogens is 222 g/mol. The van der Waals surface area contributed by atoms with Gasteiger partial charge in [-0.05, 0) is 29.9 Å². The molecule has 2 nitrogen and oxygen atoms in total. The third-order valence-electron chi connectivity index (χ3n) is 3.67. The van der Waals surface area contributed by atoms with Gasteiger partial charge in [0.25, 0.3) is 5.91 Å². The van der Waals surface area contributed by atoms with Gasteiger partial charge in [0.2, 0.25) is 0 Å². The summed E-state index contributed by atoms with van der Waals surface area (Å²) in [5.74, 6) is 0.0902. The van der Waals surface area contributed by atoms with E-state index in [0.717, 1.165) is 24.0 Å². The molecule has 0 heterocycles. The molecule has 1 aromatic carbocycles. The molecule has 0 spiro atoms. The van der Waals surface area contributed by atoms with E-state index in [-0.39, 0.29) is 11.3 Å². The van der Waals surface area contributed by atoms with Gasteiger partial charge >= 0.3 is 0 Å². The van der Waals surface area contributed by atoms with E-state index in [2.05, 4.69) is 32.2 Å². The first-order valence-corrected chi connectivity index (χ1v) is 6.89. The second kappa shape index (κ2) is 5.13. The molecule has 0 atom stereocenters. The van der Waals surface area contributed by atoms with Crippen LogP contribution in [0.4, 0.5) is 0 Å². The van der Waals surface area contributed by atoms with Crippen molar-refractivity contribution in [2.75, 3.05) is 0 Å². The molecule has 1 aliphatic carbocycles. The Labute approximate surface area is 110 Å². The smallest absolute Gasteiger partial charge is 0.251 e. The minimum atomic E-state index is 0.00358. The summed E-state index contributed by atoms with van der Waals surface area (Å²) in [5, 5.41) is 3.17. The zero-order chi connectivity index (χ0) is 13.2. The summed E-state index contributed by atoms with van der Waals surface area (Å²) >= 11 is 0. The molecule has 0 bridgehead atoms. The van der Waals surface area contributed by atoms with Crippen LogP contribution in [0.3, 0.4) is 0 Å². The number of nitrogens with one attached hydrogen (secondary N) is 1. The van der Waals surface area contributed by atoms with Gasteiger partial charge in [0.15, 0.2) is 0 Å². The van der Waals surface area contributed by atoms with Crippen molar-refractivity contribution in [1.82, 2.24) is 5.32 Å². The molecule has 1 N–H and O–H groups in total. The van der Waals surface area contributed by atoms with Crippen LogP contribution in [0.15, 0.2) is 24.3 Å². The molecule has 0 saturated heterocycles. The van der Waals surface area contributed by atoms with Crippen molar-refractivity contribution in [1.29, 1.82) is 0 Å². The van der Waals surface area contributed by atoms with Crippen molar-refractivity contribution >= 4 is 5.91 Å². The van der Waals surface area contributed by atoms with Crippen LogP contribution in [0.1, 0.15) is 62.4 Å². The molecular formula is C16H23NO. The maximum atomic E-state index is 12.4. The Morgan fingerprint density at radius 2 is 1.78 bits per heavy atom. The maximum absolute atomic E-state index is 12.4. The van der Waals surface area contributed by atoms with Crippen LogP contribution in [0, 0.1) is 0 Å². The van der Waals surface area contributed by atoms with E-state index in [4.69, 9.17) is 0 Å². The number of hydrogen-bond donors (Lipinski definition) is 1. The lowest BCUT2D eigenvalue weighted by atomic mass is 9.83. The monoisotopic (exact) mass is 245 g/mol. The third kappa shape index (κ3) is 2.92. The summed E-state index contributed by atoms with van der Waals surface area (Å²) in [5.41, 5.74) is 1.96. The molecule has 0 radical (unpaired) electrons. The van der Waals surface area contributed by atoms with Gasteiger partial charge in [-0.25, -0.2) is 0 Å². The minimum Gasteiger partial charge on any atom is -0.349 e. The average Bonchev–Trinajstić information content (AvgIpc) is 2.80. The zero-order valence-electron chi connectivity index (χ0n) is 11.6. The average molecular weight is 245 g/mol. The SMILES string of the molecule is CC(C)(C)c1ccccc1C(=O)NC1CCCC1. The quantitative estimate of drug-likeness (QED) is 0.846. The Kier molecular flexibility index (Phi) is 3.74. The summed E-state index contributed by atoms with van der Waals surface area (Å²) in [7, 11) is 0. The summed E-state index contributed by atoms with van der Waals surface area (Å²) in [6.45, 7) is 6.44. The van der Waals surface area contributed by atoms with Crippen molar-refractivity contribution in [2.45, 2.75) is 57.9 Å². The van der Waals surface area contributed by atoms with Crippen LogP contribution in [0.2, 0.25) is 0 Å². The Morgan fingerprint density at radius 3 is 2.39 bits per heavy atom. The van der Waals surface area contributed by atoms with Crippen LogP contribution in [0.25, 0.3) is 0 Å². The van der Waals surface area contributed by atoms with E-state index in [9.17, 15) is 4.79 Å². The normalized spacial score (nSPS) is 16.8. The van der Waals surface area contributed by atoms with Crippen molar-refractivity contribution < 1.29 is 4.79 Å². The first-order valence-electron chi connectivity index (χ1n) is 6.89. The van der Waals surface area contributed by atoms with E-state index >= 15 is 0 Å². The van der Waals surface area contributed by atoms with Gasteiger partial charge in [-0.1, -0.05) is 51.8 Å². The lowest BCUT2D eigenvalue weighted by Crippen LogP contribution is -2.34. The summed E-state index contributed by atoms with van der Waals surface area (Å²) in [6.07, 6.45) is 4.74. The zero-order valence-corrected chi connectivity index (χ0v) is 11.6. The third-order valence-corrected chi connectivity index (χ3v) is 3.67. The molecule has 1 amide bonds. The van der Waals surface area contributed by atoms with E-state index in [1.165, 1.54) is 12.8 Å². The van der Waals surface area contributed by atoms with Crippen LogP contribution in [0.5, 0.6) is 0 Å². The van der Waals surface area contributed by atoms with Gasteiger partial charge in [0.05, 0.1) is 0 Å². The van der Waals surface area contributed by atoms with Gasteiger partial charge in [-0.15, -0.1) is 0 Å². The van der Waals surface area contributed by atoms with Crippen molar-refractivity contribution in [3.05, 3.63) is 35.4 Å². The fraction of sp³-hybridized carbons (Fsp3) is 0.562. The lowest BCUT2D eigenvalue weighted by molar-refractivity contribution is 0.0935. The Morgan fingerprint density at radius 1 is 1.17 bits per heavy atom. The molecule has 0 aromatic heterocycles. The first kappa shape index (κ1) is 13.1. The van der Waals surface area contributed by atoms with Crippen LogP contribution in [-0.2, 0) is 5.41 Å². The van der Waals surface area contributed by atoms with Crippen molar-refractivity contribution in [3.8, 4) is 0 Å². The number of benzene rings is 1. The van der Waals surface area contributed by atoms with E-state index in [0.29, 0.717) is 6.04 Å². The van der Waals surface area contributed by atoms with E-state index in [1.54, 1.807) is 0 Å². The van der Waals surface area contributed by atoms with Crippen LogP contribution in [-0.4, -0.2) is 11.9 Å². The number of amides is 1. The van der Waals surface area contributed by atoms with Gasteiger partial charge < -0.3 is 5.32 Å². The van der Waals surface area contributed by atoms with Crippen LogP contribution < -0.4 is 5.32 Å². The standard InChI is InChI=1S/C16H23NO/c1-16(2,3)14-11-7-6-10-13(14)15(18)17-12-8-4-5-9-12/h6-7,10-12H,4-5,8-9H2,1-3H3,(H,17,18). The highest BCUT2D eigenvalue weighted by Crippen LogP contribution is 2.26. The second-order valence-electron chi connectivity index (χ2n) is 6.25. The van der Waals surface area contributed by atoms with Gasteiger partial charge in [0.1, 0.15) is 0 Å². The van der Waals surface area contributed by atoms with Crippen molar-refractivity contribution in [3.63, 3.8) is 0 Å². The second-order valence-corrected chi connectivity index (χ2v) is 6.25. The predicted octanol–water partition coefficient (Wildman–Crippen LogP) is 3.66. The number of hydrogen-bond acceptors (Lipinski definition) is 1. The fourth-order valence-corrected chi connectivity index (χ4v) is 2.67. The van der Waals surface area contributed by atoms with Crippen molar-refractivity contribution in [2.24, 2.45) is 0 Å². The Bertz CT molecular complexity index is 425. The van der Waals surface area contributed by atoms with Gasteiger partial charge in [-0.2, -0.15) is 0 Å². The maximum Gasteiger partial charge on any atom is 0.251 e. The molecule has 18 heavy (non-hydrogen) atoms. The van der Waals surface area contributed by atoms with E-state index in [1.807, 2.05) is 18.2 Å². The van der Waals surface area contributed by atoms with Gasteiger partial charge in [-0.3, -0.25) is 4.79 Å². The number of carbonyl (C=O) groups excluding carboxylic acids is 1. The molecule has 1 aromatic rings. The summed E-state index contributed by atoms with van der Waals surface area (Å²) in [6, 6.07) is 8.32. The topological polar surface area (TPSA) is 29.1 Å². The van der Waals surface area contributed by atoms with Gasteiger partial charge in [0, 0.05) is 11.6 Å². The minimum absolute atomic E-state index is 0.00358. The first-order chi connectivity index (χ1) is 8.48. The Hall–Kier alpha value is -1.31. The molecule has 0 aliphatic heterocycles. The van der Waals surface area contributed by atoms with Crippen LogP contribution >= 0.6 is 0 Å². The summed E-state index contributed by atoms with van der Waals surface area (Å²) in [4.78, 5) is 12.4. The molecule has 2 rings (SSSR count). The molecule has 1 saturated carbocycles. The molecule has 98 valence electrons. The summed E-state index contributed by atoms with van der Waals surface area (Å²) < 4.78 is 0. The number of carbonyl (C=O) groups is 1. The molecule has 1 aliphatic rings. The molecule has 2 heteroatoms. The molecule has 0 unspecified atom stereocenters. The highest BCUT2D eigenvalue weighted by atomic mass is 16.1. The lowest BCUT2D eigenvalue weighted by Gasteiger charge is -2.23. The molecule has 1 fully saturated rings. The van der Waals surface area contributed by atoms with E-state index < -0.39 is 0 Å². The highest BCUT2D eigenvalue weighted by Gasteiger charge is 2.23.